The van der Waals surface area contributed by atoms with Crippen molar-refractivity contribution in [2.24, 2.45) is 0 Å². The minimum atomic E-state index is 0.371. The van der Waals surface area contributed by atoms with E-state index in [1.807, 2.05) is 55.5 Å². The van der Waals surface area contributed by atoms with E-state index in [1.165, 1.54) is 0 Å². The minimum Gasteiger partial charge on any atom is -0.378 e. The molecule has 0 saturated carbocycles. The zero-order valence-corrected chi connectivity index (χ0v) is 17.2. The second kappa shape index (κ2) is 8.28. The Kier molecular flexibility index (Phi) is 5.18. The van der Waals surface area contributed by atoms with Crippen LogP contribution < -0.4 is 10.0 Å². The zero-order chi connectivity index (χ0) is 21.2. The van der Waals surface area contributed by atoms with E-state index in [1.54, 1.807) is 18.6 Å². The number of rotatable bonds is 4. The molecule has 156 valence electrons. The molecule has 1 saturated heterocycles. The Bertz CT molecular complexity index is 1210. The molecule has 3 aromatic heterocycles. The van der Waals surface area contributed by atoms with Gasteiger partial charge in [0.15, 0.2) is 0 Å². The molecule has 0 aliphatic carbocycles. The first-order chi connectivity index (χ1) is 15.2. The maximum Gasteiger partial charge on any atom is 0.0951 e. The lowest BCUT2D eigenvalue weighted by Crippen LogP contribution is -2.36. The number of benzene rings is 1. The molecule has 0 radical (unpaired) electrons. The van der Waals surface area contributed by atoms with Crippen molar-refractivity contribution in [3.8, 4) is 11.4 Å². The average molecular weight is 415 g/mol. The van der Waals surface area contributed by atoms with Gasteiger partial charge in [-0.3, -0.25) is 9.97 Å². The van der Waals surface area contributed by atoms with E-state index in [4.69, 9.17) is 9.72 Å². The van der Waals surface area contributed by atoms with Crippen molar-refractivity contribution in [1.82, 2.24) is 15.0 Å². The van der Waals surface area contributed by atoms with Gasteiger partial charge in [-0.25, -0.2) is 4.98 Å². The van der Waals surface area contributed by atoms with E-state index in [2.05, 4.69) is 14.9 Å². The molecule has 0 unspecified atom stereocenters. The smallest absolute Gasteiger partial charge is 0.0951 e. The summed E-state index contributed by atoms with van der Waals surface area (Å²) in [7, 11) is 0. The number of fused-ring (bicyclic) bond motifs is 1. The Balaban J connectivity index is 1.63. The Labute approximate surface area is 179 Å². The Morgan fingerprint density at radius 2 is 1.84 bits per heavy atom. The van der Waals surface area contributed by atoms with Crippen LogP contribution in [0.4, 0.5) is 21.5 Å². The molecule has 6 nitrogen and oxygen atoms in total. The quantitative estimate of drug-likeness (QED) is 0.444. The monoisotopic (exact) mass is 415 g/mol. The van der Waals surface area contributed by atoms with Crippen molar-refractivity contribution in [3.05, 3.63) is 72.7 Å². The van der Waals surface area contributed by atoms with Gasteiger partial charge >= 0.3 is 0 Å². The van der Waals surface area contributed by atoms with Crippen LogP contribution >= 0.6 is 0 Å². The van der Waals surface area contributed by atoms with Crippen LogP contribution in [0.15, 0.2) is 67.1 Å². The molecule has 4 heterocycles. The normalized spacial score (nSPS) is 14.1. The molecule has 0 atom stereocenters. The van der Waals surface area contributed by atoms with Gasteiger partial charge in [-0.1, -0.05) is 28.7 Å². The molecular formula is C24H22FN5O. The number of nitrogens with zero attached hydrogens (tertiary/aromatic N) is 5. The first kappa shape index (κ1) is 19.4. The molecule has 1 aliphatic heterocycles. The van der Waals surface area contributed by atoms with E-state index in [0.29, 0.717) is 46.6 Å². The minimum absolute atomic E-state index is 0.371. The van der Waals surface area contributed by atoms with Gasteiger partial charge in [0.2, 0.25) is 0 Å². The molecule has 1 aromatic carbocycles. The lowest BCUT2D eigenvalue weighted by Gasteiger charge is -2.29. The number of halogens is 1. The SMILES string of the molecule is Cc1c(-c2ccccn2)nc2ccccc2c1N(F)c1cncc(N2CCOCC2)c1. The van der Waals surface area contributed by atoms with Crippen molar-refractivity contribution in [2.75, 3.05) is 36.3 Å². The summed E-state index contributed by atoms with van der Waals surface area (Å²) in [6.07, 6.45) is 5.02. The molecule has 0 N–H and O–H groups in total. The molecule has 1 aliphatic rings. The topological polar surface area (TPSA) is 54.4 Å². The van der Waals surface area contributed by atoms with Crippen molar-refractivity contribution < 1.29 is 9.22 Å². The highest BCUT2D eigenvalue weighted by atomic mass is 19.2. The van der Waals surface area contributed by atoms with Gasteiger partial charge in [-0.2, -0.15) is 5.12 Å². The number of anilines is 3. The van der Waals surface area contributed by atoms with E-state index >= 15 is 4.48 Å². The van der Waals surface area contributed by atoms with E-state index < -0.39 is 0 Å². The lowest BCUT2D eigenvalue weighted by molar-refractivity contribution is 0.122. The van der Waals surface area contributed by atoms with Gasteiger partial charge in [-0.05, 0) is 31.2 Å². The molecule has 1 fully saturated rings. The summed E-state index contributed by atoms with van der Waals surface area (Å²) >= 11 is 0. The highest BCUT2D eigenvalue weighted by Crippen LogP contribution is 2.39. The summed E-state index contributed by atoms with van der Waals surface area (Å²) in [5.74, 6) is 0. The van der Waals surface area contributed by atoms with E-state index in [-0.39, 0.29) is 0 Å². The Hall–Kier alpha value is -3.58. The second-order valence-electron chi connectivity index (χ2n) is 7.45. The van der Waals surface area contributed by atoms with Crippen LogP contribution in [-0.2, 0) is 4.74 Å². The highest BCUT2D eigenvalue weighted by molar-refractivity contribution is 5.97. The van der Waals surface area contributed by atoms with Crippen LogP contribution in [0.25, 0.3) is 22.3 Å². The van der Waals surface area contributed by atoms with Crippen molar-refractivity contribution >= 4 is 28.0 Å². The van der Waals surface area contributed by atoms with Crippen LogP contribution in [-0.4, -0.2) is 41.3 Å². The third kappa shape index (κ3) is 3.68. The van der Waals surface area contributed by atoms with Crippen LogP contribution in [0.5, 0.6) is 0 Å². The lowest BCUT2D eigenvalue weighted by atomic mass is 10.0. The molecule has 0 spiro atoms. The molecular weight excluding hydrogens is 393 g/mol. The maximum absolute atomic E-state index is 16.0. The van der Waals surface area contributed by atoms with Crippen LogP contribution in [0.2, 0.25) is 0 Å². The summed E-state index contributed by atoms with van der Waals surface area (Å²) in [5, 5.41) is 1.45. The average Bonchev–Trinajstić information content (AvgIpc) is 2.84. The van der Waals surface area contributed by atoms with Gasteiger partial charge < -0.3 is 9.64 Å². The first-order valence-electron chi connectivity index (χ1n) is 10.3. The molecule has 7 heteroatoms. The maximum atomic E-state index is 16.0. The number of hydrogen-bond acceptors (Lipinski definition) is 6. The number of morpholine rings is 1. The number of para-hydroxylation sites is 1. The summed E-state index contributed by atoms with van der Waals surface area (Å²) in [6.45, 7) is 4.72. The van der Waals surface area contributed by atoms with Gasteiger partial charge in [0.1, 0.15) is 0 Å². The van der Waals surface area contributed by atoms with E-state index in [0.717, 1.165) is 29.7 Å². The van der Waals surface area contributed by atoms with Crippen molar-refractivity contribution in [2.45, 2.75) is 6.92 Å². The number of pyridine rings is 3. The first-order valence-corrected chi connectivity index (χ1v) is 10.3. The van der Waals surface area contributed by atoms with Crippen molar-refractivity contribution in [1.29, 1.82) is 0 Å². The standard InChI is InChI=1S/C24H22FN5O/c1-17-23(22-8-4-5-9-27-22)28-21-7-3-2-6-20(21)24(17)30(25)19-14-18(15-26-16-19)29-10-12-31-13-11-29/h2-9,14-16H,10-13H2,1H3. The number of ether oxygens (including phenoxy) is 1. The van der Waals surface area contributed by atoms with Crippen LogP contribution in [0.3, 0.4) is 0 Å². The van der Waals surface area contributed by atoms with Crippen LogP contribution in [0.1, 0.15) is 5.56 Å². The Morgan fingerprint density at radius 3 is 2.65 bits per heavy atom. The second-order valence-corrected chi connectivity index (χ2v) is 7.45. The third-order valence-electron chi connectivity index (χ3n) is 5.52. The highest BCUT2D eigenvalue weighted by Gasteiger charge is 2.21. The number of hydrogen-bond donors (Lipinski definition) is 0. The summed E-state index contributed by atoms with van der Waals surface area (Å²) in [4.78, 5) is 15.7. The largest absolute Gasteiger partial charge is 0.378 e. The Morgan fingerprint density at radius 1 is 1.03 bits per heavy atom. The molecule has 31 heavy (non-hydrogen) atoms. The zero-order valence-electron chi connectivity index (χ0n) is 17.2. The number of aromatic nitrogens is 3. The predicted octanol–water partition coefficient (Wildman–Crippen LogP) is 4.86. The van der Waals surface area contributed by atoms with Gasteiger partial charge in [0, 0.05) is 30.2 Å². The molecule has 0 bridgehead atoms. The van der Waals surface area contributed by atoms with E-state index in [9.17, 15) is 0 Å². The fourth-order valence-corrected chi connectivity index (χ4v) is 3.94. The fourth-order valence-electron chi connectivity index (χ4n) is 3.94. The van der Waals surface area contributed by atoms with Gasteiger partial charge in [0.05, 0.1) is 59.6 Å². The molecule has 0 amide bonds. The van der Waals surface area contributed by atoms with Gasteiger partial charge in [-0.15, -0.1) is 0 Å². The molecule has 4 aromatic rings. The predicted molar refractivity (Wildman–Crippen MR) is 120 cm³/mol. The van der Waals surface area contributed by atoms with Crippen LogP contribution in [0, 0.1) is 6.92 Å². The fraction of sp³-hybridized carbons (Fsp3) is 0.208. The summed E-state index contributed by atoms with van der Waals surface area (Å²) < 4.78 is 21.4. The third-order valence-corrected chi connectivity index (χ3v) is 5.52. The molecule has 5 rings (SSSR count). The summed E-state index contributed by atoms with van der Waals surface area (Å²) in [6, 6.07) is 15.0. The van der Waals surface area contributed by atoms with Crippen molar-refractivity contribution in [3.63, 3.8) is 0 Å². The summed E-state index contributed by atoms with van der Waals surface area (Å²) in [5.41, 5.74) is 4.50. The van der Waals surface area contributed by atoms with Gasteiger partial charge in [0.25, 0.3) is 0 Å².